The molecule has 0 aromatic rings. The molecular formula is C109H223N21O3. The molecule has 12 saturated heterocycles. The smallest absolute Gasteiger partial charge is 0.410 e. The quantitative estimate of drug-likeness (QED) is 0.146. The third-order valence-corrected chi connectivity index (χ3v) is 33.5. The van der Waals surface area contributed by atoms with E-state index in [-0.39, 0.29) is 29.2 Å². The van der Waals surface area contributed by atoms with Gasteiger partial charge in [0.2, 0.25) is 5.91 Å². The molecule has 13 rings (SSSR count). The van der Waals surface area contributed by atoms with Crippen molar-refractivity contribution in [3.05, 3.63) is 0 Å². The van der Waals surface area contributed by atoms with Crippen LogP contribution in [0.25, 0.3) is 0 Å². The van der Waals surface area contributed by atoms with Crippen molar-refractivity contribution in [2.75, 3.05) is 297 Å². The van der Waals surface area contributed by atoms with Crippen LogP contribution in [0.15, 0.2) is 0 Å². The summed E-state index contributed by atoms with van der Waals surface area (Å²) in [6, 6.07) is 6.44. The van der Waals surface area contributed by atoms with Gasteiger partial charge in [0.15, 0.2) is 0 Å². The van der Waals surface area contributed by atoms with Gasteiger partial charge in [-0.3, -0.25) is 73.4 Å². The molecule has 0 N–H and O–H groups in total. The summed E-state index contributed by atoms with van der Waals surface area (Å²) < 4.78 is 5.72. The number of piperidine rings is 6. The number of rotatable bonds is 16. The SMILES string of the molecule is CC(=O)N(C)CCN(C)C(C)CCN(C)C(C)(C)C.CC(C)(C)N1CCC(N2CCN(C(C)(C)C)CC2)CC1.CC(C)(C)N1CCC(N2CCN(C3CC3)CC2)CC1.CC(C)N1CCN(C2CCN(C(C)(C)C)CC2)CC1.CCN1CCN(C2CCN(C(C)(C)C)CC2)CC1.CN1CCCN(C(=O)OC2CCN(C(C)(C)C)CC2)CC1.CN1CCN(C2CCN(C(C)(C)C)CC2)CC1. The van der Waals surface area contributed by atoms with Gasteiger partial charge >= 0.3 is 6.09 Å². The topological polar surface area (TPSA) is 111 Å². The average Bonchev–Trinajstić information content (AvgIpc) is 1.81. The maximum atomic E-state index is 12.3. The van der Waals surface area contributed by atoms with Crippen molar-refractivity contribution in [3.63, 3.8) is 0 Å². The summed E-state index contributed by atoms with van der Waals surface area (Å²) in [5.41, 5.74) is 2.53. The lowest BCUT2D eigenvalue weighted by molar-refractivity contribution is -0.127. The largest absolute Gasteiger partial charge is 0.446 e. The highest BCUT2D eigenvalue weighted by molar-refractivity contribution is 5.72. The molecule has 12 heterocycles. The number of carbonyl (C=O) groups is 2. The highest BCUT2D eigenvalue weighted by atomic mass is 16.6. The normalized spacial score (nSPS) is 24.8. The van der Waals surface area contributed by atoms with Crippen LogP contribution in [0.2, 0.25) is 0 Å². The number of piperazine rings is 5. The third kappa shape index (κ3) is 41.7. The Morgan fingerprint density at radius 2 is 0.586 bits per heavy atom. The molecule has 0 aromatic carbocycles. The molecule has 0 spiro atoms. The molecule has 1 atom stereocenters. The van der Waals surface area contributed by atoms with E-state index in [1.54, 1.807) is 11.8 Å². The molecule has 24 heteroatoms. The Hall–Kier alpha value is -2.02. The number of nitrogens with zero attached hydrogens (tertiary/aromatic N) is 21. The van der Waals surface area contributed by atoms with E-state index in [4.69, 9.17) is 4.74 Å². The zero-order valence-corrected chi connectivity index (χ0v) is 94.4. The van der Waals surface area contributed by atoms with Gasteiger partial charge in [0.05, 0.1) is 0 Å². The van der Waals surface area contributed by atoms with Crippen LogP contribution in [0.3, 0.4) is 0 Å². The van der Waals surface area contributed by atoms with Gasteiger partial charge in [-0.25, -0.2) is 4.79 Å². The lowest BCUT2D eigenvalue weighted by Crippen LogP contribution is -2.58. The Kier molecular flexibility index (Phi) is 48.4. The first-order valence-corrected chi connectivity index (χ1v) is 55.1. The minimum Gasteiger partial charge on any atom is -0.446 e. The summed E-state index contributed by atoms with van der Waals surface area (Å²) >= 11 is 0. The average molecular weight is 1880 g/mol. The van der Waals surface area contributed by atoms with E-state index in [0.717, 1.165) is 121 Å². The maximum Gasteiger partial charge on any atom is 0.410 e. The molecule has 133 heavy (non-hydrogen) atoms. The van der Waals surface area contributed by atoms with E-state index >= 15 is 0 Å². The minimum atomic E-state index is -0.112. The van der Waals surface area contributed by atoms with Gasteiger partial charge < -0.3 is 39.0 Å². The molecule has 24 nitrogen and oxygen atoms in total. The molecule has 0 bridgehead atoms. The van der Waals surface area contributed by atoms with Crippen LogP contribution in [0.5, 0.6) is 0 Å². The Labute approximate surface area is 824 Å². The van der Waals surface area contributed by atoms with Crippen molar-refractivity contribution in [1.29, 1.82) is 0 Å². The second-order valence-electron chi connectivity index (χ2n) is 51.5. The molecule has 1 aliphatic carbocycles. The third-order valence-electron chi connectivity index (χ3n) is 33.5. The van der Waals surface area contributed by atoms with E-state index in [1.165, 1.54) is 280 Å². The lowest BCUT2D eigenvalue weighted by Gasteiger charge is -2.48. The second kappa shape index (κ2) is 54.6. The minimum absolute atomic E-state index is 0.0945. The zero-order chi connectivity index (χ0) is 98.8. The Morgan fingerprint density at radius 3 is 0.880 bits per heavy atom. The molecule has 2 amide bonds. The summed E-state index contributed by atoms with van der Waals surface area (Å²) in [6.45, 7) is 114. The van der Waals surface area contributed by atoms with E-state index in [2.05, 4.69) is 315 Å². The number of likely N-dealkylation sites (N-methyl/N-ethyl adjacent to an activating group) is 5. The number of likely N-dealkylation sites (tertiary alicyclic amines) is 6. The van der Waals surface area contributed by atoms with Crippen molar-refractivity contribution >= 4 is 12.0 Å². The molecule has 0 aromatic heterocycles. The van der Waals surface area contributed by atoms with E-state index < -0.39 is 0 Å². The van der Waals surface area contributed by atoms with E-state index in [9.17, 15) is 9.59 Å². The molecule has 782 valence electrons. The Balaban J connectivity index is 0.000000212. The number of ether oxygens (including phenoxy) is 1. The highest BCUT2D eigenvalue weighted by Gasteiger charge is 2.41. The van der Waals surface area contributed by atoms with Crippen LogP contribution in [0.1, 0.15) is 304 Å². The molecular weight excluding hydrogens is 1650 g/mol. The van der Waals surface area contributed by atoms with Crippen LogP contribution in [0, 0.1) is 0 Å². The molecule has 13 aliphatic rings. The summed E-state index contributed by atoms with van der Waals surface area (Å²) in [7, 11) is 10.5. The van der Waals surface area contributed by atoms with Crippen LogP contribution >= 0.6 is 0 Å². The fraction of sp³-hybridized carbons (Fsp3) is 0.982. The predicted molar refractivity (Wildman–Crippen MR) is 569 cm³/mol. The van der Waals surface area contributed by atoms with Gasteiger partial charge in [0, 0.05) is 349 Å². The number of hydrogen-bond acceptors (Lipinski definition) is 22. The second-order valence-corrected chi connectivity index (χ2v) is 51.5. The highest BCUT2D eigenvalue weighted by Crippen LogP contribution is 2.34. The van der Waals surface area contributed by atoms with E-state index in [0.29, 0.717) is 45.3 Å². The van der Waals surface area contributed by atoms with Gasteiger partial charge in [-0.2, -0.15) is 0 Å². The molecule has 13 fully saturated rings. The Morgan fingerprint density at radius 1 is 0.316 bits per heavy atom. The van der Waals surface area contributed by atoms with E-state index in [1.807, 2.05) is 11.9 Å². The Bertz CT molecular complexity index is 3030. The first-order valence-electron chi connectivity index (χ1n) is 55.1. The summed E-state index contributed by atoms with van der Waals surface area (Å²) in [4.78, 5) is 76.5. The molecule has 12 aliphatic heterocycles. The van der Waals surface area contributed by atoms with Crippen LogP contribution in [-0.2, 0) is 9.53 Å². The van der Waals surface area contributed by atoms with Gasteiger partial charge in [-0.1, -0.05) is 6.92 Å². The van der Waals surface area contributed by atoms with Crippen LogP contribution in [0.4, 0.5) is 4.79 Å². The molecule has 1 unspecified atom stereocenters. The fourth-order valence-electron chi connectivity index (χ4n) is 22.1. The van der Waals surface area contributed by atoms with Crippen molar-refractivity contribution in [3.8, 4) is 0 Å². The summed E-state index contributed by atoms with van der Waals surface area (Å²) in [5, 5.41) is 0. The van der Waals surface area contributed by atoms with Gasteiger partial charge in [0.25, 0.3) is 0 Å². The fourth-order valence-corrected chi connectivity index (χ4v) is 22.1. The standard InChI is InChI=1S/C17H35N3.C16H31N3O2.C16H31N3.C16H33N3.C15H33N3O.C15H31N3.C14H29N3/c1-16(2,3)19-9-7-15(8-10-19)18-11-13-20(14-12-18)17(4,5)6;1-16(2,3)19-10-6-14(7-11-19)21-15(20)18-9-5-8-17(4)12-13-18;1-16(2,3)19-8-6-15(7-9-19)18-12-10-17(11-13-18)14-4-5-14;1-14(2)17-10-12-18(13-11-17)15-6-8-19(9-7-15)16(3,4)5;1-13(9-10-18(8)15(3,4)5)16(6)11-12-17(7)14(2)19;1-5-16-10-12-17(13-11-16)14-6-8-18(9-7-14)15(2,3)4;1-14(2,3)17-7-5-13(6-8-17)16-11-9-15(4)10-12-16/h15H,7-14H2,1-6H3;14H,5-13H2,1-4H3;14-15H,4-13H2,1-3H3;14-15H,6-13H2,1-5H3;13H,9-12H2,1-8H3;14H,5-13H2,1-4H3;13H,5-12H2,1-4H3. The van der Waals surface area contributed by atoms with Crippen molar-refractivity contribution in [1.82, 2.24) is 103 Å². The van der Waals surface area contributed by atoms with Gasteiger partial charge in [-0.15, -0.1) is 0 Å². The molecule has 0 radical (unpaired) electrons. The van der Waals surface area contributed by atoms with Crippen molar-refractivity contribution in [2.45, 2.75) is 402 Å². The first kappa shape index (κ1) is 118. The van der Waals surface area contributed by atoms with Crippen LogP contribution in [-0.4, -0.2) is 511 Å². The number of hydrogen-bond donors (Lipinski definition) is 0. The zero-order valence-electron chi connectivity index (χ0n) is 94.4. The van der Waals surface area contributed by atoms with Gasteiger partial charge in [-0.05, 0) is 337 Å². The van der Waals surface area contributed by atoms with Crippen molar-refractivity contribution in [2.24, 2.45) is 0 Å². The lowest BCUT2D eigenvalue weighted by atomic mass is 9.96. The predicted octanol–water partition coefficient (Wildman–Crippen LogP) is 14.3. The van der Waals surface area contributed by atoms with Gasteiger partial charge in [0.1, 0.15) is 6.10 Å². The monoisotopic (exact) mass is 1870 g/mol. The number of carbonyl (C=O) groups excluding carboxylic acids is 2. The first-order chi connectivity index (χ1) is 62.0. The summed E-state index contributed by atoms with van der Waals surface area (Å²) in [5.74, 6) is 0.133. The maximum absolute atomic E-state index is 12.3. The molecule has 1 saturated carbocycles. The van der Waals surface area contributed by atoms with Crippen LogP contribution < -0.4 is 0 Å². The number of amides is 2. The summed E-state index contributed by atoms with van der Waals surface area (Å²) in [6.07, 6.45) is 20.6. The van der Waals surface area contributed by atoms with Crippen molar-refractivity contribution < 1.29 is 14.3 Å².